The minimum Gasteiger partial charge on any atom is -0.375 e. The number of carbonyl (C=O) groups is 1. The van der Waals surface area contributed by atoms with E-state index in [1.54, 1.807) is 0 Å². The SMILES string of the molecule is C=C(Cl)CNC(=O)[C@H]1NCCO[C@@H]1C. The van der Waals surface area contributed by atoms with Crippen LogP contribution in [-0.4, -0.2) is 37.7 Å². The number of hydrogen-bond donors (Lipinski definition) is 2. The molecular weight excluding hydrogens is 204 g/mol. The first kappa shape index (κ1) is 11.5. The number of carbonyl (C=O) groups excluding carboxylic acids is 1. The van der Waals surface area contributed by atoms with Gasteiger partial charge in [-0.3, -0.25) is 4.79 Å². The molecule has 2 atom stereocenters. The first-order chi connectivity index (χ1) is 6.61. The largest absolute Gasteiger partial charge is 0.375 e. The Morgan fingerprint density at radius 2 is 2.50 bits per heavy atom. The molecule has 0 aromatic heterocycles. The zero-order valence-electron chi connectivity index (χ0n) is 8.18. The topological polar surface area (TPSA) is 50.4 Å². The summed E-state index contributed by atoms with van der Waals surface area (Å²) in [5, 5.41) is 6.17. The highest BCUT2D eigenvalue weighted by Crippen LogP contribution is 2.04. The van der Waals surface area contributed by atoms with Crippen LogP contribution in [0.2, 0.25) is 0 Å². The van der Waals surface area contributed by atoms with Gasteiger partial charge in [-0.15, -0.1) is 0 Å². The van der Waals surface area contributed by atoms with Crippen molar-refractivity contribution in [3.05, 3.63) is 11.6 Å². The third-order valence-corrected chi connectivity index (χ3v) is 2.19. The standard InChI is InChI=1S/C9H15ClN2O2/c1-6(10)5-12-9(13)8-7(2)14-4-3-11-8/h7-8,11H,1,3-5H2,2H3,(H,12,13)/t7-,8+/m1/s1. The van der Waals surface area contributed by atoms with E-state index < -0.39 is 0 Å². The molecule has 1 amide bonds. The highest BCUT2D eigenvalue weighted by atomic mass is 35.5. The van der Waals surface area contributed by atoms with Gasteiger partial charge < -0.3 is 15.4 Å². The molecule has 0 saturated carbocycles. The summed E-state index contributed by atoms with van der Waals surface area (Å²) in [5.41, 5.74) is 0. The summed E-state index contributed by atoms with van der Waals surface area (Å²) in [4.78, 5) is 11.6. The van der Waals surface area contributed by atoms with Crippen molar-refractivity contribution < 1.29 is 9.53 Å². The van der Waals surface area contributed by atoms with Gasteiger partial charge in [-0.05, 0) is 6.92 Å². The van der Waals surface area contributed by atoms with Crippen LogP contribution in [0.5, 0.6) is 0 Å². The summed E-state index contributed by atoms with van der Waals surface area (Å²) in [6.45, 7) is 7.00. The summed E-state index contributed by atoms with van der Waals surface area (Å²) in [5.74, 6) is -0.0981. The average molecular weight is 219 g/mol. The zero-order valence-corrected chi connectivity index (χ0v) is 8.93. The molecule has 0 spiro atoms. The lowest BCUT2D eigenvalue weighted by Crippen LogP contribution is -2.55. The van der Waals surface area contributed by atoms with Crippen LogP contribution in [0.1, 0.15) is 6.92 Å². The van der Waals surface area contributed by atoms with Gasteiger partial charge in [0.15, 0.2) is 0 Å². The number of hydrogen-bond acceptors (Lipinski definition) is 3. The number of rotatable bonds is 3. The van der Waals surface area contributed by atoms with Gasteiger partial charge in [0.2, 0.25) is 5.91 Å². The van der Waals surface area contributed by atoms with Crippen molar-refractivity contribution in [2.75, 3.05) is 19.7 Å². The molecule has 0 aromatic rings. The third kappa shape index (κ3) is 3.29. The van der Waals surface area contributed by atoms with Crippen LogP contribution in [-0.2, 0) is 9.53 Å². The fraction of sp³-hybridized carbons (Fsp3) is 0.667. The molecule has 1 aliphatic heterocycles. The number of nitrogens with one attached hydrogen (secondary N) is 2. The fourth-order valence-corrected chi connectivity index (χ4v) is 1.39. The molecular formula is C9H15ClN2O2. The van der Waals surface area contributed by atoms with E-state index in [2.05, 4.69) is 17.2 Å². The molecule has 0 bridgehead atoms. The maximum atomic E-state index is 11.6. The minimum absolute atomic E-state index is 0.0981. The monoisotopic (exact) mass is 218 g/mol. The van der Waals surface area contributed by atoms with Crippen LogP contribution in [0.3, 0.4) is 0 Å². The van der Waals surface area contributed by atoms with Crippen LogP contribution in [0, 0.1) is 0 Å². The molecule has 5 heteroatoms. The predicted molar refractivity (Wildman–Crippen MR) is 55.2 cm³/mol. The molecule has 1 rings (SSSR count). The van der Waals surface area contributed by atoms with Crippen molar-refractivity contribution >= 4 is 17.5 Å². The summed E-state index contributed by atoms with van der Waals surface area (Å²) in [6.07, 6.45) is -0.104. The second-order valence-corrected chi connectivity index (χ2v) is 3.78. The van der Waals surface area contributed by atoms with E-state index in [1.807, 2.05) is 6.92 Å². The van der Waals surface area contributed by atoms with Crippen molar-refractivity contribution in [3.8, 4) is 0 Å². The smallest absolute Gasteiger partial charge is 0.240 e. The van der Waals surface area contributed by atoms with Gasteiger partial charge >= 0.3 is 0 Å². The van der Waals surface area contributed by atoms with E-state index in [4.69, 9.17) is 16.3 Å². The van der Waals surface area contributed by atoms with Gasteiger partial charge in [0.05, 0.1) is 19.3 Å². The number of amides is 1. The van der Waals surface area contributed by atoms with Crippen molar-refractivity contribution in [2.24, 2.45) is 0 Å². The first-order valence-corrected chi connectivity index (χ1v) is 4.95. The van der Waals surface area contributed by atoms with Gasteiger partial charge in [-0.1, -0.05) is 18.2 Å². The Labute approximate surface area is 88.6 Å². The van der Waals surface area contributed by atoms with Crippen molar-refractivity contribution in [1.29, 1.82) is 0 Å². The van der Waals surface area contributed by atoms with Gasteiger partial charge in [-0.2, -0.15) is 0 Å². The van der Waals surface area contributed by atoms with Crippen LogP contribution in [0.25, 0.3) is 0 Å². The molecule has 0 aliphatic carbocycles. The minimum atomic E-state index is -0.292. The molecule has 1 fully saturated rings. The molecule has 14 heavy (non-hydrogen) atoms. The van der Waals surface area contributed by atoms with Crippen LogP contribution in [0.4, 0.5) is 0 Å². The highest BCUT2D eigenvalue weighted by molar-refractivity contribution is 6.29. The van der Waals surface area contributed by atoms with Crippen LogP contribution < -0.4 is 10.6 Å². The van der Waals surface area contributed by atoms with Crippen molar-refractivity contribution in [1.82, 2.24) is 10.6 Å². The van der Waals surface area contributed by atoms with E-state index in [1.165, 1.54) is 0 Å². The quantitative estimate of drug-likeness (QED) is 0.713. The Morgan fingerprint density at radius 1 is 1.79 bits per heavy atom. The Hall–Kier alpha value is -0.580. The molecule has 1 heterocycles. The molecule has 80 valence electrons. The average Bonchev–Trinajstić information content (AvgIpc) is 2.15. The van der Waals surface area contributed by atoms with E-state index >= 15 is 0 Å². The van der Waals surface area contributed by atoms with E-state index in [0.29, 0.717) is 24.7 Å². The molecule has 1 saturated heterocycles. The van der Waals surface area contributed by atoms with Gasteiger partial charge in [-0.25, -0.2) is 0 Å². The normalized spacial score (nSPS) is 27.0. The summed E-state index contributed by atoms with van der Waals surface area (Å²) >= 11 is 5.54. The summed E-state index contributed by atoms with van der Waals surface area (Å²) < 4.78 is 5.34. The maximum Gasteiger partial charge on any atom is 0.240 e. The van der Waals surface area contributed by atoms with Gasteiger partial charge in [0.1, 0.15) is 6.04 Å². The zero-order chi connectivity index (χ0) is 10.6. The molecule has 0 aromatic carbocycles. The molecule has 4 nitrogen and oxygen atoms in total. The third-order valence-electron chi connectivity index (χ3n) is 2.05. The molecule has 2 N–H and O–H groups in total. The maximum absolute atomic E-state index is 11.6. The Morgan fingerprint density at radius 3 is 3.07 bits per heavy atom. The summed E-state index contributed by atoms with van der Waals surface area (Å²) in [7, 11) is 0. The number of halogens is 1. The first-order valence-electron chi connectivity index (χ1n) is 4.57. The second-order valence-electron chi connectivity index (χ2n) is 3.24. The van der Waals surface area contributed by atoms with Gasteiger partial charge in [0.25, 0.3) is 0 Å². The van der Waals surface area contributed by atoms with E-state index in [9.17, 15) is 4.79 Å². The summed E-state index contributed by atoms with van der Waals surface area (Å²) in [6, 6.07) is -0.292. The lowest BCUT2D eigenvalue weighted by atomic mass is 10.1. The van der Waals surface area contributed by atoms with Crippen molar-refractivity contribution in [2.45, 2.75) is 19.1 Å². The van der Waals surface area contributed by atoms with E-state index in [0.717, 1.165) is 0 Å². The Kier molecular flexibility index (Phi) is 4.38. The number of ether oxygens (including phenoxy) is 1. The highest BCUT2D eigenvalue weighted by Gasteiger charge is 2.27. The second kappa shape index (κ2) is 5.34. The Bertz CT molecular complexity index is 233. The van der Waals surface area contributed by atoms with Gasteiger partial charge in [0, 0.05) is 11.6 Å². The molecule has 0 radical (unpaired) electrons. The lowest BCUT2D eigenvalue weighted by Gasteiger charge is -2.29. The van der Waals surface area contributed by atoms with Crippen molar-refractivity contribution in [3.63, 3.8) is 0 Å². The lowest BCUT2D eigenvalue weighted by molar-refractivity contribution is -0.128. The fourth-order valence-electron chi connectivity index (χ4n) is 1.32. The molecule has 1 aliphatic rings. The Balaban J connectivity index is 2.38. The predicted octanol–water partition coefficient (Wildman–Crippen LogP) is 0.232. The van der Waals surface area contributed by atoms with E-state index in [-0.39, 0.29) is 18.1 Å². The number of morpholine rings is 1. The molecule has 0 unspecified atom stereocenters. The van der Waals surface area contributed by atoms with Crippen LogP contribution in [0.15, 0.2) is 11.6 Å². The van der Waals surface area contributed by atoms with Crippen LogP contribution >= 0.6 is 11.6 Å².